The maximum atomic E-state index is 12.8. The Morgan fingerprint density at radius 3 is 2.41 bits per heavy atom. The Kier molecular flexibility index (Phi) is 5.88. The van der Waals surface area contributed by atoms with Gasteiger partial charge in [0.2, 0.25) is 0 Å². The van der Waals surface area contributed by atoms with Gasteiger partial charge in [-0.2, -0.15) is 13.2 Å². The first kappa shape index (κ1) is 20.8. The van der Waals surface area contributed by atoms with E-state index in [0.717, 1.165) is 40.0 Å². The first-order chi connectivity index (χ1) is 13.6. The number of anilines is 2. The van der Waals surface area contributed by atoms with Crippen molar-refractivity contribution in [1.29, 1.82) is 0 Å². The summed E-state index contributed by atoms with van der Waals surface area (Å²) in [6.45, 7) is -0.219. The first-order valence-electron chi connectivity index (χ1n) is 8.59. The third-order valence-electron chi connectivity index (χ3n) is 4.21. The molecule has 29 heavy (non-hydrogen) atoms. The van der Waals surface area contributed by atoms with Crippen LogP contribution in [0.1, 0.15) is 11.1 Å². The van der Waals surface area contributed by atoms with Crippen LogP contribution < -0.4 is 10.2 Å². The van der Waals surface area contributed by atoms with Crippen molar-refractivity contribution in [2.75, 3.05) is 31.0 Å². The number of imide groups is 1. The Labute approximate surface area is 170 Å². The average molecular weight is 421 g/mol. The highest BCUT2D eigenvalue weighted by Crippen LogP contribution is 2.33. The van der Waals surface area contributed by atoms with E-state index in [1.165, 1.54) is 12.1 Å². The zero-order valence-electron chi connectivity index (χ0n) is 15.7. The lowest BCUT2D eigenvalue weighted by Crippen LogP contribution is -2.33. The molecule has 0 saturated carbocycles. The molecule has 2 amide bonds. The molecule has 152 valence electrons. The van der Waals surface area contributed by atoms with Crippen LogP contribution >= 0.6 is 11.8 Å². The second-order valence-corrected chi connectivity index (χ2v) is 7.50. The number of thioether (sulfide) groups is 1. The van der Waals surface area contributed by atoms with Crippen molar-refractivity contribution in [2.45, 2.75) is 6.18 Å². The summed E-state index contributed by atoms with van der Waals surface area (Å²) in [5, 5.41) is 2.22. The van der Waals surface area contributed by atoms with Crippen LogP contribution in [-0.2, 0) is 11.0 Å². The molecule has 2 aromatic rings. The normalized spacial score (nSPS) is 15.9. The number of hydrogen-bond donors (Lipinski definition) is 1. The van der Waals surface area contributed by atoms with E-state index in [2.05, 4.69) is 5.32 Å². The number of rotatable bonds is 5. The topological polar surface area (TPSA) is 52.7 Å². The molecule has 5 nitrogen and oxygen atoms in total. The van der Waals surface area contributed by atoms with E-state index in [1.54, 1.807) is 6.08 Å². The molecule has 2 aromatic carbocycles. The fourth-order valence-electron chi connectivity index (χ4n) is 2.63. The van der Waals surface area contributed by atoms with Gasteiger partial charge >= 0.3 is 6.18 Å². The maximum absolute atomic E-state index is 12.8. The largest absolute Gasteiger partial charge is 0.416 e. The number of hydrogen-bond acceptors (Lipinski definition) is 5. The summed E-state index contributed by atoms with van der Waals surface area (Å²) < 4.78 is 38.4. The van der Waals surface area contributed by atoms with Crippen molar-refractivity contribution in [1.82, 2.24) is 4.90 Å². The molecule has 0 bridgehead atoms. The predicted octanol–water partition coefficient (Wildman–Crippen LogP) is 4.88. The van der Waals surface area contributed by atoms with E-state index in [9.17, 15) is 22.8 Å². The Bertz CT molecular complexity index is 956. The number of amides is 2. The number of alkyl halides is 3. The molecule has 0 aromatic heterocycles. The highest BCUT2D eigenvalue weighted by molar-refractivity contribution is 8.18. The van der Waals surface area contributed by atoms with Crippen molar-refractivity contribution < 1.29 is 22.8 Å². The van der Waals surface area contributed by atoms with Gasteiger partial charge in [0.05, 0.1) is 17.1 Å². The van der Waals surface area contributed by atoms with Crippen LogP contribution in [0, 0.1) is 0 Å². The number of carbonyl (C=O) groups excluding carboxylic acids is 2. The van der Waals surface area contributed by atoms with Gasteiger partial charge in [-0.3, -0.25) is 14.5 Å². The SMILES string of the molecule is CN(C)c1ccc(/C=C2\SC(=O)N(CNc3cccc(C(F)(F)F)c3)C2=O)cc1. The van der Waals surface area contributed by atoms with E-state index in [-0.39, 0.29) is 17.3 Å². The van der Waals surface area contributed by atoms with Gasteiger partial charge in [0, 0.05) is 25.5 Å². The lowest BCUT2D eigenvalue weighted by Gasteiger charge is -2.15. The van der Waals surface area contributed by atoms with Gasteiger partial charge in [-0.1, -0.05) is 18.2 Å². The van der Waals surface area contributed by atoms with Crippen LogP contribution in [0.5, 0.6) is 0 Å². The summed E-state index contributed by atoms with van der Waals surface area (Å²) in [4.78, 5) is 27.9. The summed E-state index contributed by atoms with van der Waals surface area (Å²) in [7, 11) is 3.83. The summed E-state index contributed by atoms with van der Waals surface area (Å²) in [5.41, 5.74) is 1.13. The van der Waals surface area contributed by atoms with E-state index in [1.807, 2.05) is 43.3 Å². The molecule has 1 heterocycles. The van der Waals surface area contributed by atoms with Gasteiger partial charge in [0.15, 0.2) is 0 Å². The van der Waals surface area contributed by atoms with Crippen molar-refractivity contribution in [2.24, 2.45) is 0 Å². The molecular weight excluding hydrogens is 403 g/mol. The highest BCUT2D eigenvalue weighted by Gasteiger charge is 2.35. The van der Waals surface area contributed by atoms with Crippen LogP contribution in [0.2, 0.25) is 0 Å². The van der Waals surface area contributed by atoms with Crippen LogP contribution in [0.4, 0.5) is 29.3 Å². The highest BCUT2D eigenvalue weighted by atomic mass is 32.2. The molecular formula is C20H18F3N3O2S. The van der Waals surface area contributed by atoms with Gasteiger partial charge in [-0.15, -0.1) is 0 Å². The smallest absolute Gasteiger partial charge is 0.378 e. The molecule has 1 aliphatic heterocycles. The van der Waals surface area contributed by atoms with E-state index >= 15 is 0 Å². The van der Waals surface area contributed by atoms with Gasteiger partial charge in [0.1, 0.15) is 0 Å². The summed E-state index contributed by atoms with van der Waals surface area (Å²) in [6, 6.07) is 12.1. The minimum atomic E-state index is -4.47. The zero-order valence-corrected chi connectivity index (χ0v) is 16.5. The lowest BCUT2D eigenvalue weighted by atomic mass is 10.2. The third kappa shape index (κ3) is 4.92. The molecule has 0 atom stereocenters. The molecule has 0 unspecified atom stereocenters. The molecule has 0 aliphatic carbocycles. The van der Waals surface area contributed by atoms with Gasteiger partial charge in [-0.25, -0.2) is 0 Å². The molecule has 9 heteroatoms. The number of benzene rings is 2. The fraction of sp³-hybridized carbons (Fsp3) is 0.200. The first-order valence-corrected chi connectivity index (χ1v) is 9.41. The summed E-state index contributed by atoms with van der Waals surface area (Å²) >= 11 is 0.798. The second-order valence-electron chi connectivity index (χ2n) is 6.51. The Hall–Kier alpha value is -2.94. The maximum Gasteiger partial charge on any atom is 0.416 e. The average Bonchev–Trinajstić information content (AvgIpc) is 2.93. The number of nitrogens with zero attached hydrogens (tertiary/aromatic N) is 2. The number of nitrogens with one attached hydrogen (secondary N) is 1. The van der Waals surface area contributed by atoms with E-state index < -0.39 is 22.9 Å². The van der Waals surface area contributed by atoms with E-state index in [4.69, 9.17) is 0 Å². The molecule has 1 saturated heterocycles. The third-order valence-corrected chi connectivity index (χ3v) is 5.12. The molecule has 0 radical (unpaired) electrons. The molecule has 1 fully saturated rings. The van der Waals surface area contributed by atoms with Crippen LogP contribution in [-0.4, -0.2) is 36.8 Å². The Morgan fingerprint density at radius 1 is 1.10 bits per heavy atom. The van der Waals surface area contributed by atoms with Crippen molar-refractivity contribution in [3.63, 3.8) is 0 Å². The molecule has 1 N–H and O–H groups in total. The Balaban J connectivity index is 1.69. The molecule has 0 spiro atoms. The van der Waals surface area contributed by atoms with Crippen LogP contribution in [0.15, 0.2) is 53.4 Å². The van der Waals surface area contributed by atoms with Crippen molar-refractivity contribution in [3.05, 3.63) is 64.6 Å². The number of halogens is 3. The quantitative estimate of drug-likeness (QED) is 0.698. The van der Waals surface area contributed by atoms with Gasteiger partial charge in [-0.05, 0) is 53.7 Å². The molecule has 1 aliphatic rings. The minimum absolute atomic E-state index is 0.169. The summed E-state index contributed by atoms with van der Waals surface area (Å²) in [6.07, 6.45) is -2.85. The van der Waals surface area contributed by atoms with Crippen LogP contribution in [0.3, 0.4) is 0 Å². The number of carbonyl (C=O) groups is 2. The lowest BCUT2D eigenvalue weighted by molar-refractivity contribution is -0.137. The zero-order chi connectivity index (χ0) is 21.2. The summed E-state index contributed by atoms with van der Waals surface area (Å²) in [5.74, 6) is -0.490. The predicted molar refractivity (Wildman–Crippen MR) is 109 cm³/mol. The van der Waals surface area contributed by atoms with Gasteiger partial charge in [0.25, 0.3) is 11.1 Å². The monoisotopic (exact) mass is 421 g/mol. The Morgan fingerprint density at radius 2 is 1.79 bits per heavy atom. The second kappa shape index (κ2) is 8.20. The standard InChI is InChI=1S/C20H18F3N3O2S/c1-25(2)16-8-6-13(7-9-16)10-17-18(27)26(19(28)29-17)12-24-15-5-3-4-14(11-15)20(21,22)23/h3-11,24H,12H2,1-2H3/b17-10-. The minimum Gasteiger partial charge on any atom is -0.378 e. The molecule has 3 rings (SSSR count). The van der Waals surface area contributed by atoms with Crippen LogP contribution in [0.25, 0.3) is 6.08 Å². The van der Waals surface area contributed by atoms with E-state index in [0.29, 0.717) is 0 Å². The fourth-order valence-corrected chi connectivity index (χ4v) is 3.47. The van der Waals surface area contributed by atoms with Crippen molar-refractivity contribution in [3.8, 4) is 0 Å². The van der Waals surface area contributed by atoms with Gasteiger partial charge < -0.3 is 10.2 Å². The van der Waals surface area contributed by atoms with Crippen molar-refractivity contribution >= 4 is 40.4 Å².